The highest BCUT2D eigenvalue weighted by Crippen LogP contribution is 2.33. The molecule has 0 radical (unpaired) electrons. The second-order valence-corrected chi connectivity index (χ2v) is 9.78. The first kappa shape index (κ1) is 27.2. The first-order valence-corrected chi connectivity index (χ1v) is 12.4. The van der Waals surface area contributed by atoms with Crippen LogP contribution in [0.4, 0.5) is 24.7 Å². The number of alkyl halides is 3. The van der Waals surface area contributed by atoms with Crippen LogP contribution < -0.4 is 10.2 Å². The molecule has 2 atom stereocenters. The maximum atomic E-state index is 13.1. The number of aliphatic hydroxyl groups is 2. The average Bonchev–Trinajstić information content (AvgIpc) is 2.98. The average molecular weight is 523 g/mol. The van der Waals surface area contributed by atoms with Crippen LogP contribution >= 0.6 is 0 Å². The van der Waals surface area contributed by atoms with Gasteiger partial charge in [-0.25, -0.2) is 9.88 Å². The molecule has 3 N–H and O–H groups in total. The highest BCUT2D eigenvalue weighted by molar-refractivity contribution is 6.03. The van der Waals surface area contributed by atoms with Crippen molar-refractivity contribution in [2.24, 2.45) is 0 Å². The summed E-state index contributed by atoms with van der Waals surface area (Å²) in [5.74, 6) is -1.97. The zero-order chi connectivity index (χ0) is 26.8. The molecule has 2 aromatic heterocycles. The van der Waals surface area contributed by atoms with Gasteiger partial charge in [0.25, 0.3) is 5.91 Å². The molecular weight excluding hydrogens is 489 g/mol. The predicted molar refractivity (Wildman–Crippen MR) is 132 cm³/mol. The fraction of sp³-hybridized carbons (Fsp3) is 0.560. The van der Waals surface area contributed by atoms with Crippen LogP contribution in [0, 0.1) is 0 Å². The number of nitrogens with one attached hydrogen (secondary N) is 1. The fourth-order valence-electron chi connectivity index (χ4n) is 5.24. The minimum Gasteiger partial charge on any atom is -0.355 e. The maximum absolute atomic E-state index is 13.1. The van der Waals surface area contributed by atoms with E-state index >= 15 is 0 Å². The number of likely N-dealkylation sites (tertiary alicyclic amines) is 1. The normalized spacial score (nSPS) is 22.9. The van der Waals surface area contributed by atoms with Gasteiger partial charge in [-0.05, 0) is 51.0 Å². The Morgan fingerprint density at radius 1 is 1.14 bits per heavy atom. The van der Waals surface area contributed by atoms with Crippen molar-refractivity contribution in [1.29, 1.82) is 0 Å². The third kappa shape index (κ3) is 6.38. The number of carbonyl (C=O) groups excluding carboxylic acids is 1. The molecule has 2 fully saturated rings. The quantitative estimate of drug-likeness (QED) is 0.515. The lowest BCUT2D eigenvalue weighted by Crippen LogP contribution is -2.61. The monoisotopic (exact) mass is 522 g/mol. The number of anilines is 2. The molecule has 0 spiro atoms. The molecule has 0 aromatic carbocycles. The van der Waals surface area contributed by atoms with E-state index in [1.54, 1.807) is 47.6 Å². The van der Waals surface area contributed by atoms with Gasteiger partial charge in [-0.1, -0.05) is 6.07 Å². The molecule has 0 saturated carbocycles. The van der Waals surface area contributed by atoms with Gasteiger partial charge in [-0.3, -0.25) is 14.7 Å². The minimum atomic E-state index is -4.29. The number of carbonyl (C=O) groups is 1. The van der Waals surface area contributed by atoms with Gasteiger partial charge in [0.1, 0.15) is 17.6 Å². The van der Waals surface area contributed by atoms with Crippen molar-refractivity contribution >= 4 is 17.4 Å². The lowest BCUT2D eigenvalue weighted by atomic mass is 9.98. The van der Waals surface area contributed by atoms with E-state index in [0.29, 0.717) is 30.9 Å². The van der Waals surface area contributed by atoms with Crippen molar-refractivity contribution in [3.63, 3.8) is 0 Å². The summed E-state index contributed by atoms with van der Waals surface area (Å²) in [7, 11) is 0. The third-order valence-electron chi connectivity index (χ3n) is 7.23. The number of hydrogen-bond acceptors (Lipinski definition) is 8. The molecular formula is C25H33F3N6O3. The standard InChI is InChI=1S/C25H33F3N6O3/c1-17-16-33(22-5-3-4-21(31-22)23(35)30-19-6-11-29-12-7-19)15-10-24(36,37)34(17)20-8-13-32(14-9-20)18(2)25(26,27)28/h3-7,11-12,17-18,20,36-37H,8-10,13-16H2,1-2H3,(H,29,30,35). The number of nitrogens with zero attached hydrogens (tertiary/aromatic N) is 5. The molecule has 2 aliphatic rings. The molecule has 4 heterocycles. The summed E-state index contributed by atoms with van der Waals surface area (Å²) in [5.41, 5.74) is 0.806. The van der Waals surface area contributed by atoms with Crippen LogP contribution in [0.25, 0.3) is 0 Å². The van der Waals surface area contributed by atoms with Crippen molar-refractivity contribution < 1.29 is 28.2 Å². The summed E-state index contributed by atoms with van der Waals surface area (Å²) >= 11 is 0. The Balaban J connectivity index is 1.45. The molecule has 12 heteroatoms. The largest absolute Gasteiger partial charge is 0.403 e. The van der Waals surface area contributed by atoms with E-state index in [-0.39, 0.29) is 49.7 Å². The fourth-order valence-corrected chi connectivity index (χ4v) is 5.24. The van der Waals surface area contributed by atoms with Gasteiger partial charge < -0.3 is 20.4 Å². The number of aromatic nitrogens is 2. The van der Waals surface area contributed by atoms with Gasteiger partial charge in [0.05, 0.1) is 0 Å². The Labute approximate surface area is 213 Å². The van der Waals surface area contributed by atoms with Gasteiger partial charge in [-0.2, -0.15) is 13.2 Å². The van der Waals surface area contributed by atoms with Gasteiger partial charge >= 0.3 is 6.18 Å². The Morgan fingerprint density at radius 2 is 1.81 bits per heavy atom. The molecule has 1 amide bonds. The second-order valence-electron chi connectivity index (χ2n) is 9.78. The molecule has 0 bridgehead atoms. The number of amides is 1. The van der Waals surface area contributed by atoms with Crippen LogP contribution in [0.2, 0.25) is 0 Å². The topological polar surface area (TPSA) is 105 Å². The van der Waals surface area contributed by atoms with E-state index < -0.39 is 18.1 Å². The van der Waals surface area contributed by atoms with Crippen LogP contribution in [0.1, 0.15) is 43.6 Å². The Hall–Kier alpha value is -2.80. The van der Waals surface area contributed by atoms with E-state index in [0.717, 1.165) is 6.92 Å². The number of rotatable bonds is 5. The summed E-state index contributed by atoms with van der Waals surface area (Å²) in [4.78, 5) is 26.1. The van der Waals surface area contributed by atoms with E-state index in [2.05, 4.69) is 15.3 Å². The van der Waals surface area contributed by atoms with E-state index in [1.807, 2.05) is 11.8 Å². The predicted octanol–water partition coefficient (Wildman–Crippen LogP) is 2.68. The van der Waals surface area contributed by atoms with Gasteiger partial charge in [0, 0.05) is 62.8 Å². The molecule has 9 nitrogen and oxygen atoms in total. The Kier molecular flexibility index (Phi) is 8.02. The number of hydrogen-bond donors (Lipinski definition) is 3. The van der Waals surface area contributed by atoms with Gasteiger partial charge in [0.2, 0.25) is 5.91 Å². The maximum Gasteiger partial charge on any atom is 0.403 e. The van der Waals surface area contributed by atoms with Crippen molar-refractivity contribution in [3.05, 3.63) is 48.4 Å². The molecule has 202 valence electrons. The van der Waals surface area contributed by atoms with Gasteiger partial charge in [0.15, 0.2) is 0 Å². The molecule has 2 saturated heterocycles. The lowest BCUT2D eigenvalue weighted by Gasteiger charge is -2.46. The first-order chi connectivity index (χ1) is 17.5. The minimum absolute atomic E-state index is 0.00831. The summed E-state index contributed by atoms with van der Waals surface area (Å²) in [6, 6.07) is 6.29. The van der Waals surface area contributed by atoms with Crippen LogP contribution in [0.3, 0.4) is 0 Å². The Bertz CT molecular complexity index is 1060. The van der Waals surface area contributed by atoms with E-state index in [1.165, 1.54) is 4.90 Å². The van der Waals surface area contributed by atoms with Crippen molar-refractivity contribution in [1.82, 2.24) is 19.8 Å². The van der Waals surface area contributed by atoms with Gasteiger partial charge in [-0.15, -0.1) is 0 Å². The lowest BCUT2D eigenvalue weighted by molar-refractivity contribution is -0.287. The first-order valence-electron chi connectivity index (χ1n) is 12.4. The molecule has 2 aliphatic heterocycles. The zero-order valence-corrected chi connectivity index (χ0v) is 20.9. The smallest absolute Gasteiger partial charge is 0.355 e. The highest BCUT2D eigenvalue weighted by Gasteiger charge is 2.46. The van der Waals surface area contributed by atoms with Crippen LogP contribution in [0.5, 0.6) is 0 Å². The third-order valence-corrected chi connectivity index (χ3v) is 7.23. The van der Waals surface area contributed by atoms with Crippen LogP contribution in [-0.2, 0) is 0 Å². The van der Waals surface area contributed by atoms with E-state index in [4.69, 9.17) is 0 Å². The van der Waals surface area contributed by atoms with Crippen LogP contribution in [0.15, 0.2) is 42.7 Å². The summed E-state index contributed by atoms with van der Waals surface area (Å²) in [6.07, 6.45) is -0.363. The van der Waals surface area contributed by atoms with Crippen LogP contribution in [-0.4, -0.2) is 92.3 Å². The molecule has 4 rings (SSSR count). The zero-order valence-electron chi connectivity index (χ0n) is 20.9. The van der Waals surface area contributed by atoms with Crippen molar-refractivity contribution in [2.75, 3.05) is 36.4 Å². The highest BCUT2D eigenvalue weighted by atomic mass is 19.4. The number of piperidine rings is 1. The SMILES string of the molecule is CC1CN(c2cccc(C(=O)Nc3ccncc3)n2)CCC(O)(O)N1C1CCN(C(C)C(F)(F)F)CC1. The Morgan fingerprint density at radius 3 is 2.46 bits per heavy atom. The molecule has 0 aliphatic carbocycles. The van der Waals surface area contributed by atoms with Crippen molar-refractivity contribution in [2.45, 2.75) is 63.3 Å². The van der Waals surface area contributed by atoms with Crippen molar-refractivity contribution in [3.8, 4) is 0 Å². The molecule has 37 heavy (non-hydrogen) atoms. The van der Waals surface area contributed by atoms with E-state index in [9.17, 15) is 28.2 Å². The molecule has 2 unspecified atom stereocenters. The second kappa shape index (κ2) is 10.9. The number of halogens is 3. The summed E-state index contributed by atoms with van der Waals surface area (Å²) in [6.45, 7) is 4.16. The molecule has 2 aromatic rings. The summed E-state index contributed by atoms with van der Waals surface area (Å²) < 4.78 is 39.4. The number of pyridine rings is 2. The summed E-state index contributed by atoms with van der Waals surface area (Å²) in [5, 5.41) is 24.7.